The van der Waals surface area contributed by atoms with Crippen LogP contribution in [0.3, 0.4) is 0 Å². The number of hydrogen-bond donors (Lipinski definition) is 1. The predicted molar refractivity (Wildman–Crippen MR) is 53.8 cm³/mol. The summed E-state index contributed by atoms with van der Waals surface area (Å²) in [5.74, 6) is 0.426. The largest absolute Gasteiger partial charge is 0.393 e. The van der Waals surface area contributed by atoms with Crippen LogP contribution in [0.15, 0.2) is 0 Å². The Balaban J connectivity index is 1.90. The highest BCUT2D eigenvalue weighted by molar-refractivity contribution is 5.97. The Morgan fingerprint density at radius 1 is 1.27 bits per heavy atom. The topological polar surface area (TPSA) is 57.6 Å². The number of carbonyl (C=O) groups is 2. The highest BCUT2D eigenvalue weighted by Gasteiger charge is 2.35. The van der Waals surface area contributed by atoms with E-state index < -0.39 is 0 Å². The second-order valence-corrected chi connectivity index (χ2v) is 4.90. The first-order chi connectivity index (χ1) is 7.06. The molecular weight excluding hydrogens is 194 g/mol. The van der Waals surface area contributed by atoms with E-state index in [9.17, 15) is 9.59 Å². The fraction of sp³-hybridized carbons (Fsp3) is 0.818. The first-order valence-corrected chi connectivity index (χ1v) is 5.57. The van der Waals surface area contributed by atoms with E-state index in [0.29, 0.717) is 25.3 Å². The van der Waals surface area contributed by atoms with Gasteiger partial charge in [0.15, 0.2) is 0 Å². The van der Waals surface area contributed by atoms with Crippen LogP contribution in [0.25, 0.3) is 0 Å². The third-order valence-corrected chi connectivity index (χ3v) is 3.30. The molecule has 1 saturated heterocycles. The fourth-order valence-electron chi connectivity index (χ4n) is 2.34. The molecule has 2 aliphatic rings. The van der Waals surface area contributed by atoms with Gasteiger partial charge in [-0.2, -0.15) is 0 Å². The number of carbonyl (C=O) groups excluding carboxylic acids is 2. The summed E-state index contributed by atoms with van der Waals surface area (Å²) in [6, 6.07) is 0. The molecule has 4 nitrogen and oxygen atoms in total. The molecule has 1 aliphatic carbocycles. The summed E-state index contributed by atoms with van der Waals surface area (Å²) in [5.41, 5.74) is 0. The third kappa shape index (κ3) is 2.20. The maximum absolute atomic E-state index is 11.6. The van der Waals surface area contributed by atoms with Gasteiger partial charge in [0.1, 0.15) is 0 Å². The molecule has 1 N–H and O–H groups in total. The highest BCUT2D eigenvalue weighted by Crippen LogP contribution is 2.29. The first-order valence-electron chi connectivity index (χ1n) is 5.57. The van der Waals surface area contributed by atoms with Gasteiger partial charge in [0, 0.05) is 19.4 Å². The molecule has 0 aromatic heterocycles. The van der Waals surface area contributed by atoms with Gasteiger partial charge in [-0.05, 0) is 24.7 Å². The standard InChI is InChI=1S/C11H17NO3/c1-7-2-10(14)12(11(15)3-7)6-8-4-9(13)5-8/h7-9,13H,2-6H2,1H3. The van der Waals surface area contributed by atoms with Gasteiger partial charge in [-0.25, -0.2) is 0 Å². The van der Waals surface area contributed by atoms with Crippen LogP contribution < -0.4 is 0 Å². The number of amides is 2. The van der Waals surface area contributed by atoms with Crippen LogP contribution in [0.5, 0.6) is 0 Å². The molecule has 15 heavy (non-hydrogen) atoms. The van der Waals surface area contributed by atoms with Crippen molar-refractivity contribution in [3.05, 3.63) is 0 Å². The Morgan fingerprint density at radius 2 is 1.80 bits per heavy atom. The van der Waals surface area contributed by atoms with Crippen molar-refractivity contribution in [3.8, 4) is 0 Å². The molecule has 84 valence electrons. The number of likely N-dealkylation sites (tertiary alicyclic amines) is 1. The molecule has 2 amide bonds. The molecule has 0 bridgehead atoms. The monoisotopic (exact) mass is 211 g/mol. The van der Waals surface area contributed by atoms with Crippen molar-refractivity contribution >= 4 is 11.8 Å². The molecule has 4 heteroatoms. The van der Waals surface area contributed by atoms with Crippen molar-refractivity contribution in [2.24, 2.45) is 11.8 Å². The van der Waals surface area contributed by atoms with E-state index in [1.807, 2.05) is 6.92 Å². The fourth-order valence-corrected chi connectivity index (χ4v) is 2.34. The SMILES string of the molecule is CC1CC(=O)N(CC2CC(O)C2)C(=O)C1. The van der Waals surface area contributed by atoms with Gasteiger partial charge in [0.05, 0.1) is 6.10 Å². The van der Waals surface area contributed by atoms with Crippen molar-refractivity contribution in [1.29, 1.82) is 0 Å². The molecule has 0 aromatic carbocycles. The Kier molecular flexibility index (Phi) is 2.78. The average Bonchev–Trinajstić information content (AvgIpc) is 2.07. The molecular formula is C11H17NO3. The van der Waals surface area contributed by atoms with Crippen LogP contribution in [0.2, 0.25) is 0 Å². The lowest BCUT2D eigenvalue weighted by Crippen LogP contribution is -2.47. The molecule has 0 atom stereocenters. The molecule has 1 heterocycles. The normalized spacial score (nSPS) is 33.1. The molecule has 1 aliphatic heterocycles. The lowest BCUT2D eigenvalue weighted by Gasteiger charge is -2.37. The number of aliphatic hydroxyl groups excluding tert-OH is 1. The third-order valence-electron chi connectivity index (χ3n) is 3.30. The molecule has 0 unspecified atom stereocenters. The van der Waals surface area contributed by atoms with Gasteiger partial charge in [-0.3, -0.25) is 14.5 Å². The zero-order valence-corrected chi connectivity index (χ0v) is 8.98. The Labute approximate surface area is 89.3 Å². The first kappa shape index (κ1) is 10.6. The van der Waals surface area contributed by atoms with Crippen molar-refractivity contribution in [3.63, 3.8) is 0 Å². The van der Waals surface area contributed by atoms with Gasteiger partial charge in [0.25, 0.3) is 0 Å². The van der Waals surface area contributed by atoms with E-state index in [1.54, 1.807) is 0 Å². The van der Waals surface area contributed by atoms with E-state index in [1.165, 1.54) is 4.90 Å². The van der Waals surface area contributed by atoms with E-state index >= 15 is 0 Å². The number of rotatable bonds is 2. The summed E-state index contributed by atoms with van der Waals surface area (Å²) >= 11 is 0. The minimum atomic E-state index is -0.219. The zero-order chi connectivity index (χ0) is 11.0. The van der Waals surface area contributed by atoms with E-state index in [0.717, 1.165) is 12.8 Å². The Bertz CT molecular complexity index is 266. The van der Waals surface area contributed by atoms with Gasteiger partial charge < -0.3 is 5.11 Å². The number of hydrogen-bond acceptors (Lipinski definition) is 3. The van der Waals surface area contributed by atoms with Crippen LogP contribution in [0.1, 0.15) is 32.6 Å². The van der Waals surface area contributed by atoms with E-state index in [4.69, 9.17) is 5.11 Å². The number of imide groups is 1. The number of nitrogens with zero attached hydrogens (tertiary/aromatic N) is 1. The molecule has 2 fully saturated rings. The summed E-state index contributed by atoms with van der Waals surface area (Å²) in [5, 5.41) is 9.13. The highest BCUT2D eigenvalue weighted by atomic mass is 16.3. The Hall–Kier alpha value is -0.900. The van der Waals surface area contributed by atoms with Crippen LogP contribution in [0, 0.1) is 11.8 Å². The number of piperidine rings is 1. The lowest BCUT2D eigenvalue weighted by atomic mass is 9.81. The van der Waals surface area contributed by atoms with E-state index in [2.05, 4.69) is 0 Å². The van der Waals surface area contributed by atoms with Crippen molar-refractivity contribution in [1.82, 2.24) is 4.90 Å². The molecule has 0 radical (unpaired) electrons. The predicted octanol–water partition coefficient (Wildman–Crippen LogP) is 0.542. The summed E-state index contributed by atoms with van der Waals surface area (Å²) < 4.78 is 0. The summed E-state index contributed by atoms with van der Waals surface area (Å²) in [6.07, 6.45) is 2.21. The van der Waals surface area contributed by atoms with Crippen LogP contribution in [0.4, 0.5) is 0 Å². The van der Waals surface area contributed by atoms with Crippen LogP contribution >= 0.6 is 0 Å². The smallest absolute Gasteiger partial charge is 0.229 e. The van der Waals surface area contributed by atoms with Gasteiger partial charge in [0.2, 0.25) is 11.8 Å². The van der Waals surface area contributed by atoms with E-state index in [-0.39, 0.29) is 23.8 Å². The summed E-state index contributed by atoms with van der Waals surface area (Å²) in [6.45, 7) is 2.45. The van der Waals surface area contributed by atoms with Crippen LogP contribution in [-0.2, 0) is 9.59 Å². The van der Waals surface area contributed by atoms with Crippen LogP contribution in [-0.4, -0.2) is 34.5 Å². The number of aliphatic hydroxyl groups is 1. The minimum absolute atomic E-state index is 0.0415. The van der Waals surface area contributed by atoms with Crippen molar-refractivity contribution < 1.29 is 14.7 Å². The molecule has 0 spiro atoms. The second kappa shape index (κ2) is 3.93. The second-order valence-electron chi connectivity index (χ2n) is 4.90. The molecule has 0 aromatic rings. The lowest BCUT2D eigenvalue weighted by molar-refractivity contribution is -0.151. The van der Waals surface area contributed by atoms with Crippen molar-refractivity contribution in [2.75, 3.05) is 6.54 Å². The maximum Gasteiger partial charge on any atom is 0.229 e. The Morgan fingerprint density at radius 3 is 2.27 bits per heavy atom. The summed E-state index contributed by atoms with van der Waals surface area (Å²) in [7, 11) is 0. The van der Waals surface area contributed by atoms with Gasteiger partial charge in [-0.1, -0.05) is 6.92 Å². The zero-order valence-electron chi connectivity index (χ0n) is 8.98. The summed E-state index contributed by atoms with van der Waals surface area (Å²) in [4.78, 5) is 24.6. The van der Waals surface area contributed by atoms with Crippen molar-refractivity contribution in [2.45, 2.75) is 38.7 Å². The van der Waals surface area contributed by atoms with Gasteiger partial charge >= 0.3 is 0 Å². The average molecular weight is 211 g/mol. The molecule has 1 saturated carbocycles. The molecule has 2 rings (SSSR count). The quantitative estimate of drug-likeness (QED) is 0.678. The van der Waals surface area contributed by atoms with Gasteiger partial charge in [-0.15, -0.1) is 0 Å². The minimum Gasteiger partial charge on any atom is -0.393 e. The maximum atomic E-state index is 11.6.